The van der Waals surface area contributed by atoms with Gasteiger partial charge in [-0.05, 0) is 31.6 Å². The summed E-state index contributed by atoms with van der Waals surface area (Å²) >= 11 is 1.74. The van der Waals surface area contributed by atoms with E-state index in [0.29, 0.717) is 12.1 Å². The van der Waals surface area contributed by atoms with Gasteiger partial charge in [-0.1, -0.05) is 19.1 Å². The third kappa shape index (κ3) is 4.33. The highest BCUT2D eigenvalue weighted by Gasteiger charge is 2.69. The summed E-state index contributed by atoms with van der Waals surface area (Å²) < 4.78 is 6.02. The van der Waals surface area contributed by atoms with Crippen LogP contribution in [0, 0.1) is 11.8 Å². The predicted octanol–water partition coefficient (Wildman–Crippen LogP) is 0.443. The van der Waals surface area contributed by atoms with Crippen LogP contribution in [0.5, 0.6) is 5.75 Å². The molecule has 0 aromatic heterocycles. The Labute approximate surface area is 240 Å². The van der Waals surface area contributed by atoms with Crippen molar-refractivity contribution >= 4 is 41.0 Å². The van der Waals surface area contributed by atoms with Crippen LogP contribution < -0.4 is 5.73 Å². The first-order chi connectivity index (χ1) is 19.3. The smallest absolute Gasteiger partial charge is 0.307 e. The van der Waals surface area contributed by atoms with Crippen molar-refractivity contribution in [3.8, 4) is 5.75 Å². The second-order valence-electron chi connectivity index (χ2n) is 11.2. The second-order valence-corrected chi connectivity index (χ2v) is 12.2. The SMILES string of the molecule is C[C@H]1c2cccc(O)c2C(O)=C2C(=O)[C@]3(O)C(O)=C(C(N)=O)C(=O)[C@@H](N(C)C)[C@@H]3[C@@H](OC(=O)CCN3CCSC3)[C@@H]21. The number of nitrogens with zero attached hydrogens (tertiary/aromatic N) is 2. The first-order valence-electron chi connectivity index (χ1n) is 13.3. The number of esters is 1. The molecule has 12 nitrogen and oxygen atoms in total. The number of phenols is 1. The summed E-state index contributed by atoms with van der Waals surface area (Å²) in [5.74, 6) is -7.92. The minimum atomic E-state index is -2.95. The van der Waals surface area contributed by atoms with E-state index in [4.69, 9.17) is 10.5 Å². The van der Waals surface area contributed by atoms with Gasteiger partial charge in [-0.15, -0.1) is 11.8 Å². The number of Topliss-reactive ketones (excluding diaryl/α,β-unsaturated/α-hetero) is 2. The van der Waals surface area contributed by atoms with E-state index in [1.807, 2.05) is 0 Å². The highest BCUT2D eigenvalue weighted by molar-refractivity contribution is 7.99. The van der Waals surface area contributed by atoms with Gasteiger partial charge in [-0.25, -0.2) is 0 Å². The summed E-state index contributed by atoms with van der Waals surface area (Å²) in [6.07, 6.45) is -1.43. The van der Waals surface area contributed by atoms with Gasteiger partial charge in [0.15, 0.2) is 11.4 Å². The Hall–Kier alpha value is -3.39. The van der Waals surface area contributed by atoms with Crippen molar-refractivity contribution in [1.29, 1.82) is 0 Å². The molecule has 1 aliphatic heterocycles. The molecule has 5 rings (SSSR count). The average molecular weight is 588 g/mol. The lowest BCUT2D eigenvalue weighted by atomic mass is 9.54. The number of aliphatic hydroxyl groups is 3. The van der Waals surface area contributed by atoms with E-state index in [9.17, 15) is 39.6 Å². The topological polar surface area (TPSA) is 191 Å². The van der Waals surface area contributed by atoms with Gasteiger partial charge in [0.1, 0.15) is 28.9 Å². The van der Waals surface area contributed by atoms with Crippen LogP contribution in [0.3, 0.4) is 0 Å². The molecule has 0 unspecified atom stereocenters. The Bertz CT molecular complexity index is 1400. The first kappa shape index (κ1) is 29.1. The van der Waals surface area contributed by atoms with E-state index in [-0.39, 0.29) is 23.3 Å². The van der Waals surface area contributed by atoms with E-state index in [1.165, 1.54) is 25.1 Å². The number of hydrogen-bond acceptors (Lipinski definition) is 12. The molecular formula is C28H33N3O9S. The molecule has 3 aliphatic carbocycles. The van der Waals surface area contributed by atoms with Crippen LogP contribution in [-0.2, 0) is 23.9 Å². The number of likely N-dealkylation sites (N-methyl/N-ethyl adjacent to an activating group) is 1. The Morgan fingerprint density at radius 1 is 1.22 bits per heavy atom. The van der Waals surface area contributed by atoms with Crippen LogP contribution in [0.15, 0.2) is 35.1 Å². The van der Waals surface area contributed by atoms with Gasteiger partial charge in [0.05, 0.1) is 23.9 Å². The molecule has 1 aromatic carbocycles. The molecule has 1 saturated carbocycles. The number of thioether (sulfide) groups is 1. The highest BCUT2D eigenvalue weighted by atomic mass is 32.2. The van der Waals surface area contributed by atoms with Gasteiger partial charge < -0.3 is 30.9 Å². The number of carbonyl (C=O) groups excluding carboxylic acids is 4. The number of hydrogen-bond donors (Lipinski definition) is 5. The second kappa shape index (κ2) is 10.5. The van der Waals surface area contributed by atoms with Gasteiger partial charge in [0.2, 0.25) is 5.78 Å². The van der Waals surface area contributed by atoms with Crippen molar-refractivity contribution in [3.05, 3.63) is 46.2 Å². The van der Waals surface area contributed by atoms with Crippen LogP contribution in [0.25, 0.3) is 5.76 Å². The summed E-state index contributed by atoms with van der Waals surface area (Å²) in [6, 6.07) is 3.14. The first-order valence-corrected chi connectivity index (χ1v) is 14.4. The maximum absolute atomic E-state index is 14.2. The zero-order chi connectivity index (χ0) is 30.0. The standard InChI is InChI=1S/C28H33N3O9S/c1-12-13-5-4-6-14(32)17(13)22(34)18-16(12)24(40-15(33)7-8-31-9-10-41-11-31)20-21(30(2)3)23(35)19(27(29)38)26(37)28(20,39)25(18)36/h4-6,12,16,20-21,24,32,34,37,39H,7-11H2,1-3H3,(H2,29,38)/t12-,16+,20+,21-,24-,28-/m0/s1. The lowest BCUT2D eigenvalue weighted by molar-refractivity contribution is -0.185. The monoisotopic (exact) mass is 587 g/mol. The van der Waals surface area contributed by atoms with Crippen molar-refractivity contribution in [3.63, 3.8) is 0 Å². The number of primary amides is 1. The summed E-state index contributed by atoms with van der Waals surface area (Å²) in [6.45, 7) is 2.93. The number of benzene rings is 1. The Morgan fingerprint density at radius 3 is 2.54 bits per heavy atom. The molecular weight excluding hydrogens is 554 g/mol. The Kier molecular flexibility index (Phi) is 7.43. The van der Waals surface area contributed by atoms with Crippen LogP contribution in [0.4, 0.5) is 0 Å². The van der Waals surface area contributed by atoms with Crippen LogP contribution in [0.1, 0.15) is 30.4 Å². The molecule has 220 valence electrons. The van der Waals surface area contributed by atoms with Crippen molar-refractivity contribution in [2.75, 3.05) is 38.8 Å². The number of ketones is 2. The lowest BCUT2D eigenvalue weighted by Crippen LogP contribution is -2.71. The molecule has 41 heavy (non-hydrogen) atoms. The fraction of sp³-hybridized carbons (Fsp3) is 0.500. The maximum atomic E-state index is 14.2. The molecule has 0 radical (unpaired) electrons. The zero-order valence-electron chi connectivity index (χ0n) is 22.9. The predicted molar refractivity (Wildman–Crippen MR) is 148 cm³/mol. The summed E-state index contributed by atoms with van der Waals surface area (Å²) in [5, 5.41) is 45.2. The molecule has 1 aromatic rings. The molecule has 1 saturated heterocycles. The number of nitrogens with two attached hydrogens (primary N) is 1. The van der Waals surface area contributed by atoms with Crippen molar-refractivity contribution in [2.45, 2.75) is 37.0 Å². The van der Waals surface area contributed by atoms with Crippen LogP contribution >= 0.6 is 11.8 Å². The maximum Gasteiger partial charge on any atom is 0.307 e. The largest absolute Gasteiger partial charge is 0.508 e. The van der Waals surface area contributed by atoms with E-state index in [2.05, 4.69) is 4.90 Å². The van der Waals surface area contributed by atoms with E-state index >= 15 is 0 Å². The lowest BCUT2D eigenvalue weighted by Gasteiger charge is -2.54. The van der Waals surface area contributed by atoms with Gasteiger partial charge in [-0.3, -0.25) is 29.0 Å². The molecule has 0 bridgehead atoms. The molecule has 1 heterocycles. The van der Waals surface area contributed by atoms with Crippen LogP contribution in [-0.4, -0.2) is 110 Å². The number of aliphatic hydroxyl groups excluding tert-OH is 2. The van der Waals surface area contributed by atoms with Crippen molar-refractivity contribution < 1.29 is 44.3 Å². The Balaban J connectivity index is 1.71. The number of ether oxygens (including phenoxy) is 1. The Morgan fingerprint density at radius 2 is 1.93 bits per heavy atom. The molecule has 4 aliphatic rings. The number of rotatable bonds is 6. The third-order valence-electron chi connectivity index (χ3n) is 8.69. The minimum Gasteiger partial charge on any atom is -0.508 e. The quantitative estimate of drug-likeness (QED) is 0.228. The van der Waals surface area contributed by atoms with Crippen LogP contribution in [0.2, 0.25) is 0 Å². The van der Waals surface area contributed by atoms with Gasteiger partial charge in [0, 0.05) is 36.2 Å². The van der Waals surface area contributed by atoms with Gasteiger partial charge in [0.25, 0.3) is 5.91 Å². The van der Waals surface area contributed by atoms with E-state index in [0.717, 1.165) is 18.2 Å². The molecule has 6 atom stereocenters. The summed E-state index contributed by atoms with van der Waals surface area (Å²) in [7, 11) is 2.97. The minimum absolute atomic E-state index is 0.0193. The molecule has 13 heteroatoms. The van der Waals surface area contributed by atoms with Gasteiger partial charge >= 0.3 is 5.97 Å². The number of aromatic hydroxyl groups is 1. The molecule has 6 N–H and O–H groups in total. The fourth-order valence-corrected chi connectivity index (χ4v) is 7.81. The summed E-state index contributed by atoms with van der Waals surface area (Å²) in [4.78, 5) is 56.8. The average Bonchev–Trinajstić information content (AvgIpc) is 3.42. The molecule has 2 fully saturated rings. The van der Waals surface area contributed by atoms with E-state index < -0.39 is 76.0 Å². The number of carbonyl (C=O) groups is 4. The highest BCUT2D eigenvalue weighted by Crippen LogP contribution is 2.56. The molecule has 0 spiro atoms. The van der Waals surface area contributed by atoms with E-state index in [1.54, 1.807) is 30.8 Å². The van der Waals surface area contributed by atoms with Gasteiger partial charge in [-0.2, -0.15) is 0 Å². The third-order valence-corrected chi connectivity index (χ3v) is 9.71. The fourth-order valence-electron chi connectivity index (χ4n) is 6.78. The number of phenolic OH excluding ortho intramolecular Hbond substituents is 1. The van der Waals surface area contributed by atoms with Crippen molar-refractivity contribution in [2.24, 2.45) is 17.6 Å². The van der Waals surface area contributed by atoms with Crippen molar-refractivity contribution in [1.82, 2.24) is 9.80 Å². The summed E-state index contributed by atoms with van der Waals surface area (Å²) in [5.41, 5.74) is 1.55. The zero-order valence-corrected chi connectivity index (χ0v) is 23.7. The normalized spacial score (nSPS) is 31.7. The molecule has 1 amide bonds. The number of fused-ring (bicyclic) bond motifs is 3. The number of amides is 1.